The Labute approximate surface area is 170 Å². The number of alkyl halides is 3. The zero-order chi connectivity index (χ0) is 21.3. The van der Waals surface area contributed by atoms with Gasteiger partial charge in [0.2, 0.25) is 5.91 Å². The summed E-state index contributed by atoms with van der Waals surface area (Å²) in [5.74, 6) is -2.57. The molecule has 0 aliphatic carbocycles. The maximum Gasteiger partial charge on any atom is 0.416 e. The van der Waals surface area contributed by atoms with Crippen LogP contribution in [0.1, 0.15) is 12.0 Å². The number of hydrogen-bond donors (Lipinski definition) is 2. The van der Waals surface area contributed by atoms with Crippen molar-refractivity contribution in [3.63, 3.8) is 0 Å². The molecule has 0 saturated carbocycles. The number of amides is 3. The third-order valence-electron chi connectivity index (χ3n) is 4.20. The molecule has 29 heavy (non-hydrogen) atoms. The van der Waals surface area contributed by atoms with Crippen LogP contribution < -0.4 is 15.5 Å². The van der Waals surface area contributed by atoms with Gasteiger partial charge in [0.05, 0.1) is 5.56 Å². The van der Waals surface area contributed by atoms with Crippen LogP contribution in [0.25, 0.3) is 0 Å². The third kappa shape index (κ3) is 4.66. The fraction of sp³-hybridized carbons (Fsp3) is 0.222. The molecule has 154 valence electrons. The van der Waals surface area contributed by atoms with E-state index in [-0.39, 0.29) is 23.1 Å². The van der Waals surface area contributed by atoms with Crippen molar-refractivity contribution in [2.24, 2.45) is 0 Å². The van der Waals surface area contributed by atoms with Gasteiger partial charge in [0.1, 0.15) is 23.4 Å². The van der Waals surface area contributed by atoms with Gasteiger partial charge >= 0.3 is 12.2 Å². The molecule has 1 aliphatic rings. The quantitative estimate of drug-likeness (QED) is 0.630. The van der Waals surface area contributed by atoms with E-state index < -0.39 is 47.0 Å². The highest BCUT2D eigenvalue weighted by molar-refractivity contribution is 9.10. The number of nitrogens with one attached hydrogen (secondary N) is 2. The number of nitrogens with zero attached hydrogens (tertiary/aromatic N) is 1. The lowest BCUT2D eigenvalue weighted by atomic mass is 10.2. The van der Waals surface area contributed by atoms with Crippen LogP contribution in [0.2, 0.25) is 0 Å². The summed E-state index contributed by atoms with van der Waals surface area (Å²) in [7, 11) is 0. The largest absolute Gasteiger partial charge is 0.416 e. The van der Waals surface area contributed by atoms with E-state index in [9.17, 15) is 31.5 Å². The Hall–Kier alpha value is -2.69. The molecule has 0 aromatic heterocycles. The van der Waals surface area contributed by atoms with Crippen molar-refractivity contribution in [2.45, 2.75) is 18.6 Å². The maximum atomic E-state index is 13.9. The van der Waals surface area contributed by atoms with Crippen molar-refractivity contribution in [1.82, 2.24) is 5.32 Å². The average molecular weight is 478 g/mol. The van der Waals surface area contributed by atoms with Gasteiger partial charge in [-0.15, -0.1) is 0 Å². The second-order valence-corrected chi connectivity index (χ2v) is 7.14. The molecule has 1 atom stereocenters. The van der Waals surface area contributed by atoms with Crippen LogP contribution in [-0.4, -0.2) is 24.5 Å². The second kappa shape index (κ2) is 7.97. The van der Waals surface area contributed by atoms with Crippen molar-refractivity contribution < 1.29 is 31.5 Å². The number of rotatable bonds is 3. The Kier molecular flexibility index (Phi) is 5.78. The van der Waals surface area contributed by atoms with Crippen molar-refractivity contribution in [2.75, 3.05) is 16.8 Å². The zero-order valence-electron chi connectivity index (χ0n) is 14.5. The first kappa shape index (κ1) is 21.0. The number of carbonyl (C=O) groups excluding carboxylic acids is 2. The Morgan fingerprint density at radius 2 is 1.79 bits per heavy atom. The number of carbonyl (C=O) groups is 2. The summed E-state index contributed by atoms with van der Waals surface area (Å²) in [4.78, 5) is 25.4. The molecule has 5 nitrogen and oxygen atoms in total. The SMILES string of the molecule is O=C(Nc1cc(Br)cc(C(F)(F)F)c1)NC1CCN(c2c(F)cccc2F)C1=O. The average Bonchev–Trinajstić information content (AvgIpc) is 2.94. The fourth-order valence-electron chi connectivity index (χ4n) is 2.93. The van der Waals surface area contributed by atoms with E-state index in [0.29, 0.717) is 0 Å². The fourth-order valence-corrected chi connectivity index (χ4v) is 3.43. The Morgan fingerprint density at radius 1 is 1.14 bits per heavy atom. The van der Waals surface area contributed by atoms with Crippen LogP contribution in [0.3, 0.4) is 0 Å². The van der Waals surface area contributed by atoms with Gasteiger partial charge in [0.15, 0.2) is 0 Å². The van der Waals surface area contributed by atoms with Gasteiger partial charge in [-0.05, 0) is 36.8 Å². The minimum Gasteiger partial charge on any atom is -0.326 e. The van der Waals surface area contributed by atoms with Gasteiger partial charge in [-0.1, -0.05) is 22.0 Å². The number of para-hydroxylation sites is 1. The molecule has 1 unspecified atom stereocenters. The molecule has 3 rings (SSSR count). The molecular weight excluding hydrogens is 465 g/mol. The Morgan fingerprint density at radius 3 is 2.41 bits per heavy atom. The van der Waals surface area contributed by atoms with Gasteiger partial charge in [0.25, 0.3) is 0 Å². The molecular formula is C18H13BrF5N3O2. The minimum absolute atomic E-state index is 0.0310. The summed E-state index contributed by atoms with van der Waals surface area (Å²) < 4.78 is 66.5. The van der Waals surface area contributed by atoms with Crippen LogP contribution in [0, 0.1) is 11.6 Å². The highest BCUT2D eigenvalue weighted by Crippen LogP contribution is 2.33. The first-order valence-corrected chi connectivity index (χ1v) is 9.06. The summed E-state index contributed by atoms with van der Waals surface area (Å²) in [5.41, 5.74) is -1.63. The van der Waals surface area contributed by atoms with Crippen LogP contribution in [0.5, 0.6) is 0 Å². The lowest BCUT2D eigenvalue weighted by Crippen LogP contribution is -2.43. The lowest BCUT2D eigenvalue weighted by Gasteiger charge is -2.18. The first-order valence-electron chi connectivity index (χ1n) is 8.27. The van der Waals surface area contributed by atoms with Crippen molar-refractivity contribution in [1.29, 1.82) is 0 Å². The molecule has 1 fully saturated rings. The molecule has 0 radical (unpaired) electrons. The summed E-state index contributed by atoms with van der Waals surface area (Å²) >= 11 is 2.94. The van der Waals surface area contributed by atoms with E-state index in [1.807, 2.05) is 0 Å². The van der Waals surface area contributed by atoms with Crippen molar-refractivity contribution in [3.8, 4) is 0 Å². The molecule has 0 bridgehead atoms. The van der Waals surface area contributed by atoms with Crippen molar-refractivity contribution in [3.05, 3.63) is 58.1 Å². The van der Waals surface area contributed by atoms with Crippen LogP contribution >= 0.6 is 15.9 Å². The van der Waals surface area contributed by atoms with E-state index in [1.165, 1.54) is 6.07 Å². The molecule has 2 aromatic rings. The summed E-state index contributed by atoms with van der Waals surface area (Å²) in [6.45, 7) is -0.0310. The smallest absolute Gasteiger partial charge is 0.326 e. The monoisotopic (exact) mass is 477 g/mol. The zero-order valence-corrected chi connectivity index (χ0v) is 16.1. The van der Waals surface area contributed by atoms with Gasteiger partial charge < -0.3 is 15.5 Å². The maximum absolute atomic E-state index is 13.9. The summed E-state index contributed by atoms with van der Waals surface area (Å²) in [5, 5.41) is 4.53. The summed E-state index contributed by atoms with van der Waals surface area (Å²) in [6.07, 6.45) is -4.53. The van der Waals surface area contributed by atoms with Gasteiger partial charge in [-0.3, -0.25) is 4.79 Å². The van der Waals surface area contributed by atoms with Gasteiger partial charge in [-0.25, -0.2) is 13.6 Å². The van der Waals surface area contributed by atoms with E-state index >= 15 is 0 Å². The lowest BCUT2D eigenvalue weighted by molar-refractivity contribution is -0.137. The molecule has 1 saturated heterocycles. The van der Waals surface area contributed by atoms with Crippen LogP contribution in [0.15, 0.2) is 40.9 Å². The Balaban J connectivity index is 1.69. The van der Waals surface area contributed by atoms with Crippen LogP contribution in [0.4, 0.5) is 38.1 Å². The predicted molar refractivity (Wildman–Crippen MR) is 98.4 cm³/mol. The second-order valence-electron chi connectivity index (χ2n) is 6.23. The summed E-state index contributed by atoms with van der Waals surface area (Å²) in [6, 6.07) is 4.01. The number of halogens is 6. The molecule has 0 spiro atoms. The number of urea groups is 1. The third-order valence-corrected chi connectivity index (χ3v) is 4.66. The van der Waals surface area contributed by atoms with E-state index in [2.05, 4.69) is 26.6 Å². The Bertz CT molecular complexity index is 947. The highest BCUT2D eigenvalue weighted by Gasteiger charge is 2.36. The highest BCUT2D eigenvalue weighted by atomic mass is 79.9. The normalized spacial score (nSPS) is 16.8. The standard InChI is InChI=1S/C18H13BrF5N3O2/c19-10-6-9(18(22,23)24)7-11(8-10)25-17(29)26-14-4-5-27(16(14)28)15-12(20)2-1-3-13(15)21/h1-3,6-8,14H,4-5H2,(H2,25,26,29). The molecule has 3 amide bonds. The van der Waals surface area contributed by atoms with E-state index in [0.717, 1.165) is 35.2 Å². The number of anilines is 2. The topological polar surface area (TPSA) is 61.4 Å². The number of hydrogen-bond acceptors (Lipinski definition) is 2. The minimum atomic E-state index is -4.61. The number of benzene rings is 2. The molecule has 1 aliphatic heterocycles. The predicted octanol–water partition coefficient (Wildman–Crippen LogP) is 4.67. The van der Waals surface area contributed by atoms with Crippen molar-refractivity contribution >= 4 is 39.2 Å². The molecule has 11 heteroatoms. The van der Waals surface area contributed by atoms with E-state index in [1.54, 1.807) is 0 Å². The van der Waals surface area contributed by atoms with Gasteiger partial charge in [0, 0.05) is 16.7 Å². The molecule has 2 N–H and O–H groups in total. The van der Waals surface area contributed by atoms with Crippen LogP contribution in [-0.2, 0) is 11.0 Å². The van der Waals surface area contributed by atoms with Gasteiger partial charge in [-0.2, -0.15) is 13.2 Å². The molecule has 1 heterocycles. The van der Waals surface area contributed by atoms with E-state index in [4.69, 9.17) is 0 Å². The molecule has 2 aromatic carbocycles. The first-order chi connectivity index (χ1) is 13.6.